The fraction of sp³-hybridized carbons (Fsp3) is 0.286. The summed E-state index contributed by atoms with van der Waals surface area (Å²) in [5.41, 5.74) is 6.69. The first-order valence-corrected chi connectivity index (χ1v) is 5.98. The second-order valence-corrected chi connectivity index (χ2v) is 4.22. The van der Waals surface area contributed by atoms with E-state index in [4.69, 9.17) is 10.8 Å². The first-order chi connectivity index (χ1) is 9.04. The number of carbonyl (C=O) groups is 2. The highest BCUT2D eigenvalue weighted by molar-refractivity contribution is 5.87. The molecule has 0 unspecified atom stereocenters. The van der Waals surface area contributed by atoms with Crippen LogP contribution < -0.4 is 11.1 Å². The van der Waals surface area contributed by atoms with Crippen LogP contribution in [0.15, 0.2) is 43.0 Å². The van der Waals surface area contributed by atoms with Crippen molar-refractivity contribution < 1.29 is 14.7 Å². The van der Waals surface area contributed by atoms with Crippen LogP contribution in [-0.4, -0.2) is 29.1 Å². The molecule has 0 bridgehead atoms. The maximum absolute atomic E-state index is 11.8. The Bertz CT molecular complexity index is 445. The van der Waals surface area contributed by atoms with Gasteiger partial charge in [0, 0.05) is 0 Å². The molecule has 0 aliphatic heterocycles. The Balaban J connectivity index is 2.56. The van der Waals surface area contributed by atoms with Crippen molar-refractivity contribution in [2.24, 2.45) is 5.73 Å². The van der Waals surface area contributed by atoms with Crippen molar-refractivity contribution in [3.05, 3.63) is 48.6 Å². The van der Waals surface area contributed by atoms with E-state index in [0.29, 0.717) is 6.42 Å². The van der Waals surface area contributed by atoms with Crippen molar-refractivity contribution in [2.75, 3.05) is 0 Å². The summed E-state index contributed by atoms with van der Waals surface area (Å²) in [5, 5.41) is 11.3. The minimum absolute atomic E-state index is 0.166. The number of carbonyl (C=O) groups excluding carboxylic acids is 1. The molecule has 0 aromatic heterocycles. The lowest BCUT2D eigenvalue weighted by molar-refractivity contribution is -0.141. The third-order valence-corrected chi connectivity index (χ3v) is 2.65. The molecular weight excluding hydrogens is 244 g/mol. The summed E-state index contributed by atoms with van der Waals surface area (Å²) in [4.78, 5) is 22.7. The molecule has 5 nitrogen and oxygen atoms in total. The van der Waals surface area contributed by atoms with Crippen molar-refractivity contribution in [3.8, 4) is 0 Å². The van der Waals surface area contributed by atoms with E-state index in [-0.39, 0.29) is 6.42 Å². The average Bonchev–Trinajstić information content (AvgIpc) is 2.39. The number of rotatable bonds is 7. The highest BCUT2D eigenvalue weighted by atomic mass is 16.4. The first kappa shape index (κ1) is 14.9. The van der Waals surface area contributed by atoms with Gasteiger partial charge in [-0.25, -0.2) is 4.79 Å². The third kappa shape index (κ3) is 4.93. The predicted molar refractivity (Wildman–Crippen MR) is 72.5 cm³/mol. The molecular formula is C14H18N2O3. The van der Waals surface area contributed by atoms with Crippen molar-refractivity contribution in [3.63, 3.8) is 0 Å². The van der Waals surface area contributed by atoms with Gasteiger partial charge in [0.2, 0.25) is 5.91 Å². The van der Waals surface area contributed by atoms with Crippen LogP contribution >= 0.6 is 0 Å². The molecule has 0 radical (unpaired) electrons. The Morgan fingerprint density at radius 2 is 2.00 bits per heavy atom. The van der Waals surface area contributed by atoms with Gasteiger partial charge in [-0.3, -0.25) is 4.79 Å². The molecule has 5 heteroatoms. The zero-order chi connectivity index (χ0) is 14.3. The van der Waals surface area contributed by atoms with E-state index in [2.05, 4.69) is 11.9 Å². The number of nitrogens with one attached hydrogen (secondary N) is 1. The quantitative estimate of drug-likeness (QED) is 0.631. The van der Waals surface area contributed by atoms with Crippen LogP contribution in [0.25, 0.3) is 0 Å². The van der Waals surface area contributed by atoms with Gasteiger partial charge >= 0.3 is 5.97 Å². The molecule has 1 aromatic carbocycles. The number of hydrogen-bond donors (Lipinski definition) is 3. The Hall–Kier alpha value is -2.14. The Labute approximate surface area is 112 Å². The van der Waals surface area contributed by atoms with Crippen molar-refractivity contribution in [1.82, 2.24) is 5.32 Å². The minimum atomic E-state index is -1.10. The smallest absolute Gasteiger partial charge is 0.326 e. The van der Waals surface area contributed by atoms with Gasteiger partial charge in [0.25, 0.3) is 0 Å². The summed E-state index contributed by atoms with van der Waals surface area (Å²) >= 11 is 0. The molecule has 4 N–H and O–H groups in total. The van der Waals surface area contributed by atoms with Crippen LogP contribution in [0.4, 0.5) is 0 Å². The van der Waals surface area contributed by atoms with Crippen LogP contribution in [0.2, 0.25) is 0 Å². The molecule has 102 valence electrons. The summed E-state index contributed by atoms with van der Waals surface area (Å²) in [7, 11) is 0. The largest absolute Gasteiger partial charge is 0.480 e. The van der Waals surface area contributed by atoms with Gasteiger partial charge < -0.3 is 16.2 Å². The summed E-state index contributed by atoms with van der Waals surface area (Å²) in [6.07, 6.45) is 1.98. The molecule has 1 amide bonds. The number of aliphatic carboxylic acids is 1. The molecule has 0 aliphatic carbocycles. The molecule has 0 aliphatic rings. The number of nitrogens with two attached hydrogens (primary N) is 1. The van der Waals surface area contributed by atoms with Gasteiger partial charge in [-0.15, -0.1) is 6.58 Å². The van der Waals surface area contributed by atoms with E-state index in [1.165, 1.54) is 6.08 Å². The van der Waals surface area contributed by atoms with Gasteiger partial charge in [0.15, 0.2) is 0 Å². The van der Waals surface area contributed by atoms with Crippen LogP contribution in [0.5, 0.6) is 0 Å². The lowest BCUT2D eigenvalue weighted by atomic mass is 10.1. The molecule has 1 aromatic rings. The first-order valence-electron chi connectivity index (χ1n) is 5.98. The van der Waals surface area contributed by atoms with Crippen LogP contribution in [0, 0.1) is 0 Å². The summed E-state index contributed by atoms with van der Waals surface area (Å²) in [5.74, 6) is -1.57. The second kappa shape index (κ2) is 7.33. The highest BCUT2D eigenvalue weighted by Gasteiger charge is 2.22. The maximum Gasteiger partial charge on any atom is 0.326 e. The standard InChI is InChI=1S/C14H18N2O3/c1-2-6-12(14(18)19)16-13(17)11(15)9-10-7-4-3-5-8-10/h2-5,7-8,11-12H,1,6,9,15H2,(H,16,17)(H,18,19)/t11-,12-/m1/s1. The molecule has 19 heavy (non-hydrogen) atoms. The SMILES string of the molecule is C=CC[C@@H](NC(=O)[C@H](N)Cc1ccccc1)C(=O)O. The lowest BCUT2D eigenvalue weighted by Crippen LogP contribution is -2.49. The topological polar surface area (TPSA) is 92.4 Å². The molecule has 0 spiro atoms. The van der Waals surface area contributed by atoms with Gasteiger partial charge in [-0.2, -0.15) is 0 Å². The number of hydrogen-bond acceptors (Lipinski definition) is 3. The predicted octanol–water partition coefficient (Wildman–Crippen LogP) is 0.702. The van der Waals surface area contributed by atoms with E-state index in [0.717, 1.165) is 5.56 Å². The van der Waals surface area contributed by atoms with E-state index >= 15 is 0 Å². The summed E-state index contributed by atoms with van der Waals surface area (Å²) < 4.78 is 0. The van der Waals surface area contributed by atoms with E-state index < -0.39 is 24.0 Å². The Morgan fingerprint density at radius 1 is 1.37 bits per heavy atom. The number of benzene rings is 1. The van der Waals surface area contributed by atoms with E-state index in [9.17, 15) is 9.59 Å². The summed E-state index contributed by atoms with van der Waals surface area (Å²) in [6, 6.07) is 7.58. The third-order valence-electron chi connectivity index (χ3n) is 2.65. The molecule has 1 rings (SSSR count). The summed E-state index contributed by atoms with van der Waals surface area (Å²) in [6.45, 7) is 3.46. The molecule has 0 heterocycles. The number of carboxylic acids is 1. The average molecular weight is 262 g/mol. The Morgan fingerprint density at radius 3 is 2.53 bits per heavy atom. The highest BCUT2D eigenvalue weighted by Crippen LogP contribution is 2.03. The van der Waals surface area contributed by atoms with E-state index in [1.54, 1.807) is 0 Å². The lowest BCUT2D eigenvalue weighted by Gasteiger charge is -2.16. The van der Waals surface area contributed by atoms with Crippen molar-refractivity contribution in [1.29, 1.82) is 0 Å². The van der Waals surface area contributed by atoms with Gasteiger partial charge in [-0.1, -0.05) is 36.4 Å². The molecule has 0 saturated carbocycles. The Kier molecular flexibility index (Phi) is 5.75. The molecule has 0 saturated heterocycles. The molecule has 2 atom stereocenters. The van der Waals surface area contributed by atoms with Crippen molar-refractivity contribution >= 4 is 11.9 Å². The number of carboxylic acid groups (broad SMARTS) is 1. The van der Waals surface area contributed by atoms with Gasteiger partial charge in [0.1, 0.15) is 6.04 Å². The van der Waals surface area contributed by atoms with Crippen LogP contribution in [0.3, 0.4) is 0 Å². The van der Waals surface area contributed by atoms with Crippen LogP contribution in [0.1, 0.15) is 12.0 Å². The fourth-order valence-electron chi connectivity index (χ4n) is 1.63. The number of amides is 1. The maximum atomic E-state index is 11.8. The van der Waals surface area contributed by atoms with Gasteiger partial charge in [0.05, 0.1) is 6.04 Å². The monoisotopic (exact) mass is 262 g/mol. The minimum Gasteiger partial charge on any atom is -0.480 e. The second-order valence-electron chi connectivity index (χ2n) is 4.22. The zero-order valence-electron chi connectivity index (χ0n) is 10.6. The fourth-order valence-corrected chi connectivity index (χ4v) is 1.63. The van der Waals surface area contributed by atoms with Gasteiger partial charge in [-0.05, 0) is 18.4 Å². The van der Waals surface area contributed by atoms with E-state index in [1.807, 2.05) is 30.3 Å². The van der Waals surface area contributed by atoms with Crippen LogP contribution in [-0.2, 0) is 16.0 Å². The molecule has 0 fully saturated rings. The normalized spacial score (nSPS) is 13.3. The van der Waals surface area contributed by atoms with Crippen molar-refractivity contribution in [2.45, 2.75) is 24.9 Å². The zero-order valence-corrected chi connectivity index (χ0v) is 10.6.